The molecule has 4 heteroatoms. The van der Waals surface area contributed by atoms with Crippen LogP contribution in [0.15, 0.2) is 0 Å². The molecule has 58 valence electrons. The molecule has 0 saturated carbocycles. The zero-order valence-corrected chi connectivity index (χ0v) is 5.43. The van der Waals surface area contributed by atoms with Crippen molar-refractivity contribution in [1.82, 2.24) is 0 Å². The van der Waals surface area contributed by atoms with Gasteiger partial charge in [0.15, 0.2) is 0 Å². The highest BCUT2D eigenvalue weighted by atomic mass is 16.7. The zero-order chi connectivity index (χ0) is 7.14. The van der Waals surface area contributed by atoms with Gasteiger partial charge in [-0.3, -0.25) is 0 Å². The highest BCUT2D eigenvalue weighted by Crippen LogP contribution is 2.37. The molecule has 0 amide bonds. The second-order valence-electron chi connectivity index (χ2n) is 2.64. The van der Waals surface area contributed by atoms with Crippen molar-refractivity contribution in [2.45, 2.75) is 24.4 Å². The zero-order valence-electron chi connectivity index (χ0n) is 5.43. The summed E-state index contributed by atoms with van der Waals surface area (Å²) in [7, 11) is 0. The summed E-state index contributed by atoms with van der Waals surface area (Å²) in [5, 5.41) is 17.1. The van der Waals surface area contributed by atoms with Crippen molar-refractivity contribution in [1.29, 1.82) is 0 Å². The van der Waals surface area contributed by atoms with Gasteiger partial charge in [0.25, 0.3) is 0 Å². The molecule has 2 aliphatic rings. The maximum absolute atomic E-state index is 8.57. The molecule has 2 rings (SSSR count). The summed E-state index contributed by atoms with van der Waals surface area (Å²) in [5.74, 6) is 0. The van der Waals surface area contributed by atoms with E-state index in [0.29, 0.717) is 0 Å². The van der Waals surface area contributed by atoms with E-state index in [2.05, 4.69) is 0 Å². The van der Waals surface area contributed by atoms with E-state index in [1.165, 1.54) is 0 Å². The van der Waals surface area contributed by atoms with E-state index in [1.54, 1.807) is 0 Å². The third-order valence-corrected chi connectivity index (χ3v) is 1.93. The highest BCUT2D eigenvalue weighted by Gasteiger charge is 2.56. The number of hydrogen-bond acceptors (Lipinski definition) is 4. The van der Waals surface area contributed by atoms with Crippen LogP contribution in [0, 0.1) is 0 Å². The Bertz CT molecular complexity index is 122. The van der Waals surface area contributed by atoms with Gasteiger partial charge in [-0.1, -0.05) is 0 Å². The fourth-order valence-corrected chi connectivity index (χ4v) is 1.18. The third-order valence-electron chi connectivity index (χ3n) is 1.93. The molecule has 2 saturated heterocycles. The largest absolute Gasteiger partial charge is 0.394 e. The monoisotopic (exact) mass is 146 g/mol. The average Bonchev–Trinajstić information content (AvgIpc) is 2.83. The van der Waals surface area contributed by atoms with Gasteiger partial charge in [0.05, 0.1) is 13.2 Å². The summed E-state index contributed by atoms with van der Waals surface area (Å²) < 4.78 is 10.1. The molecular formula is C6H10O4. The quantitative estimate of drug-likeness (QED) is 0.476. The standard InChI is InChI=1S/C6H10O4/c7-1-3-5(9-3)6-4(2-8)10-6/h3-8H,1-2H2/t3-,4+,5-,6-/m1/s1. The van der Waals surface area contributed by atoms with Gasteiger partial charge in [-0.05, 0) is 0 Å². The number of ether oxygens (including phenoxy) is 2. The summed E-state index contributed by atoms with van der Waals surface area (Å²) in [6, 6.07) is 0. The second kappa shape index (κ2) is 2.17. The van der Waals surface area contributed by atoms with E-state index in [9.17, 15) is 0 Å². The molecule has 0 aromatic rings. The van der Waals surface area contributed by atoms with Crippen molar-refractivity contribution in [3.8, 4) is 0 Å². The van der Waals surface area contributed by atoms with E-state index >= 15 is 0 Å². The Morgan fingerprint density at radius 1 is 0.900 bits per heavy atom. The lowest BCUT2D eigenvalue weighted by Gasteiger charge is -1.82. The summed E-state index contributed by atoms with van der Waals surface area (Å²) in [5.41, 5.74) is 0. The molecule has 0 aromatic heterocycles. The molecule has 0 radical (unpaired) electrons. The lowest BCUT2D eigenvalue weighted by Crippen LogP contribution is -2.09. The molecule has 2 N–H and O–H groups in total. The minimum absolute atomic E-state index is 0.0402. The molecule has 0 spiro atoms. The van der Waals surface area contributed by atoms with Gasteiger partial charge >= 0.3 is 0 Å². The molecule has 0 unspecified atom stereocenters. The molecule has 2 heterocycles. The average molecular weight is 146 g/mol. The van der Waals surface area contributed by atoms with Crippen LogP contribution >= 0.6 is 0 Å². The van der Waals surface area contributed by atoms with Gasteiger partial charge in [0.1, 0.15) is 24.4 Å². The first-order valence-corrected chi connectivity index (χ1v) is 3.39. The number of aliphatic hydroxyl groups is 2. The first-order chi connectivity index (χ1) is 4.86. The molecular weight excluding hydrogens is 136 g/mol. The Morgan fingerprint density at radius 2 is 1.30 bits per heavy atom. The third kappa shape index (κ3) is 0.932. The predicted molar refractivity (Wildman–Crippen MR) is 31.5 cm³/mol. The van der Waals surface area contributed by atoms with E-state index < -0.39 is 0 Å². The molecule has 2 aliphatic heterocycles. The molecule has 0 aliphatic carbocycles. The number of hydrogen-bond donors (Lipinski definition) is 2. The van der Waals surface area contributed by atoms with Crippen LogP contribution in [0.1, 0.15) is 0 Å². The first-order valence-electron chi connectivity index (χ1n) is 3.39. The van der Waals surface area contributed by atoms with Crippen LogP contribution in [0.4, 0.5) is 0 Å². The molecule has 0 bridgehead atoms. The van der Waals surface area contributed by atoms with Gasteiger partial charge in [-0.2, -0.15) is 0 Å². The Hall–Kier alpha value is -0.160. The van der Waals surface area contributed by atoms with Crippen LogP contribution in [-0.2, 0) is 9.47 Å². The van der Waals surface area contributed by atoms with Crippen LogP contribution in [0.3, 0.4) is 0 Å². The fraction of sp³-hybridized carbons (Fsp3) is 1.00. The second-order valence-corrected chi connectivity index (χ2v) is 2.64. The molecule has 10 heavy (non-hydrogen) atoms. The van der Waals surface area contributed by atoms with Gasteiger partial charge in [0, 0.05) is 0 Å². The lowest BCUT2D eigenvalue weighted by atomic mass is 10.2. The van der Waals surface area contributed by atoms with Crippen molar-refractivity contribution in [3.63, 3.8) is 0 Å². The maximum atomic E-state index is 8.57. The molecule has 4 nitrogen and oxygen atoms in total. The van der Waals surface area contributed by atoms with E-state index in [1.807, 2.05) is 0 Å². The van der Waals surface area contributed by atoms with Gasteiger partial charge in [-0.25, -0.2) is 0 Å². The van der Waals surface area contributed by atoms with E-state index in [4.69, 9.17) is 19.7 Å². The topological polar surface area (TPSA) is 65.5 Å². The predicted octanol–water partition coefficient (Wildman–Crippen LogP) is -1.49. The van der Waals surface area contributed by atoms with E-state index in [0.717, 1.165) is 0 Å². The Labute approximate surface area is 58.4 Å². The summed E-state index contributed by atoms with van der Waals surface area (Å²) in [4.78, 5) is 0. The van der Waals surface area contributed by atoms with Crippen molar-refractivity contribution in [2.75, 3.05) is 13.2 Å². The Kier molecular flexibility index (Phi) is 1.42. The van der Waals surface area contributed by atoms with Gasteiger partial charge in [0.2, 0.25) is 0 Å². The number of aliphatic hydroxyl groups excluding tert-OH is 2. The summed E-state index contributed by atoms with van der Waals surface area (Å²) in [6.07, 6.45) is 0.00685. The van der Waals surface area contributed by atoms with Gasteiger partial charge in [-0.15, -0.1) is 0 Å². The van der Waals surface area contributed by atoms with Crippen LogP contribution in [0.5, 0.6) is 0 Å². The number of epoxide rings is 2. The minimum Gasteiger partial charge on any atom is -0.394 e. The van der Waals surface area contributed by atoms with Crippen molar-refractivity contribution < 1.29 is 19.7 Å². The minimum atomic E-state index is -0.0402. The highest BCUT2D eigenvalue weighted by molar-refractivity contribution is 5.02. The van der Waals surface area contributed by atoms with Crippen molar-refractivity contribution >= 4 is 0 Å². The number of rotatable bonds is 3. The smallest absolute Gasteiger partial charge is 0.115 e. The summed E-state index contributed by atoms with van der Waals surface area (Å²) in [6.45, 7) is 0.116. The SMILES string of the molecule is OC[C@@H]1O[C@H]1[C@@H]1O[C@@H]1CO. The normalized spacial score (nSPS) is 51.0. The fourth-order valence-electron chi connectivity index (χ4n) is 1.18. The summed E-state index contributed by atoms with van der Waals surface area (Å²) >= 11 is 0. The van der Waals surface area contributed by atoms with Crippen molar-refractivity contribution in [3.05, 3.63) is 0 Å². The van der Waals surface area contributed by atoms with Crippen LogP contribution in [0.25, 0.3) is 0 Å². The van der Waals surface area contributed by atoms with Crippen LogP contribution < -0.4 is 0 Å². The lowest BCUT2D eigenvalue weighted by molar-refractivity contribution is 0.235. The van der Waals surface area contributed by atoms with Crippen LogP contribution in [0.2, 0.25) is 0 Å². The molecule has 0 aromatic carbocycles. The molecule has 2 fully saturated rings. The van der Waals surface area contributed by atoms with Crippen LogP contribution in [-0.4, -0.2) is 47.8 Å². The van der Waals surface area contributed by atoms with E-state index in [-0.39, 0.29) is 37.6 Å². The first kappa shape index (κ1) is 6.54. The van der Waals surface area contributed by atoms with Crippen molar-refractivity contribution in [2.24, 2.45) is 0 Å². The maximum Gasteiger partial charge on any atom is 0.115 e. The Morgan fingerprint density at radius 3 is 1.50 bits per heavy atom. The Balaban J connectivity index is 1.74. The molecule has 4 atom stereocenters. The van der Waals surface area contributed by atoms with Gasteiger partial charge < -0.3 is 19.7 Å².